The standard InChI is InChI=1S/C23H40N4O2/c1-5-19(6-2)22(27-12-14-29-15-13-27)17-26-23(24-4)25-16-20-10-8-9-11-21(20)18-28-7-3/h8-11,19,22H,5-7,12-18H2,1-4H3,(H2,24,25,26). The maximum atomic E-state index is 5.60. The third-order valence-electron chi connectivity index (χ3n) is 5.84. The Balaban J connectivity index is 1.94. The van der Waals surface area contributed by atoms with Crippen LogP contribution >= 0.6 is 0 Å². The first-order chi connectivity index (χ1) is 14.2. The number of morpholine rings is 1. The van der Waals surface area contributed by atoms with Gasteiger partial charge < -0.3 is 20.1 Å². The fourth-order valence-electron chi connectivity index (χ4n) is 4.02. The molecule has 0 radical (unpaired) electrons. The fourth-order valence-corrected chi connectivity index (χ4v) is 4.02. The molecule has 6 heteroatoms. The number of aliphatic imine (C=N–C) groups is 1. The first-order valence-electron chi connectivity index (χ1n) is 11.1. The summed E-state index contributed by atoms with van der Waals surface area (Å²) in [6.45, 7) is 13.3. The van der Waals surface area contributed by atoms with E-state index in [9.17, 15) is 0 Å². The van der Waals surface area contributed by atoms with Gasteiger partial charge in [-0.1, -0.05) is 51.0 Å². The summed E-state index contributed by atoms with van der Waals surface area (Å²) in [5, 5.41) is 7.05. The lowest BCUT2D eigenvalue weighted by Crippen LogP contribution is -2.53. The van der Waals surface area contributed by atoms with E-state index in [1.54, 1.807) is 0 Å². The lowest BCUT2D eigenvalue weighted by Gasteiger charge is -2.39. The zero-order valence-electron chi connectivity index (χ0n) is 18.7. The summed E-state index contributed by atoms with van der Waals surface area (Å²) < 4.78 is 11.2. The van der Waals surface area contributed by atoms with Gasteiger partial charge in [-0.3, -0.25) is 9.89 Å². The summed E-state index contributed by atoms with van der Waals surface area (Å²) in [5.74, 6) is 1.52. The molecule has 1 saturated heterocycles. The third kappa shape index (κ3) is 7.61. The van der Waals surface area contributed by atoms with Gasteiger partial charge in [0.05, 0.1) is 19.8 Å². The van der Waals surface area contributed by atoms with Crippen LogP contribution in [-0.4, -0.2) is 63.4 Å². The Kier molecular flexibility index (Phi) is 11.1. The van der Waals surface area contributed by atoms with Crippen molar-refractivity contribution in [1.82, 2.24) is 15.5 Å². The smallest absolute Gasteiger partial charge is 0.191 e. The quantitative estimate of drug-likeness (QED) is 0.439. The summed E-state index contributed by atoms with van der Waals surface area (Å²) in [7, 11) is 1.84. The molecule has 1 fully saturated rings. The molecule has 1 aliphatic rings. The van der Waals surface area contributed by atoms with E-state index in [0.29, 0.717) is 18.6 Å². The first-order valence-corrected chi connectivity index (χ1v) is 11.1. The molecule has 1 aromatic carbocycles. The number of hydrogen-bond acceptors (Lipinski definition) is 4. The van der Waals surface area contributed by atoms with E-state index in [-0.39, 0.29) is 0 Å². The Bertz CT molecular complexity index is 598. The van der Waals surface area contributed by atoms with Crippen molar-refractivity contribution in [3.05, 3.63) is 35.4 Å². The molecule has 0 aromatic heterocycles. The number of nitrogens with zero attached hydrogens (tertiary/aromatic N) is 2. The van der Waals surface area contributed by atoms with Gasteiger partial charge in [-0.25, -0.2) is 0 Å². The normalized spacial score (nSPS) is 16.8. The molecule has 1 atom stereocenters. The average molecular weight is 405 g/mol. The van der Waals surface area contributed by atoms with E-state index in [1.807, 2.05) is 14.0 Å². The lowest BCUT2D eigenvalue weighted by atomic mass is 9.92. The molecule has 164 valence electrons. The van der Waals surface area contributed by atoms with Crippen molar-refractivity contribution in [3.8, 4) is 0 Å². The summed E-state index contributed by atoms with van der Waals surface area (Å²) >= 11 is 0. The Labute approximate surface area is 177 Å². The molecular formula is C23H40N4O2. The van der Waals surface area contributed by atoms with Gasteiger partial charge in [0.1, 0.15) is 0 Å². The summed E-state index contributed by atoms with van der Waals surface area (Å²) in [4.78, 5) is 7.03. The highest BCUT2D eigenvalue weighted by atomic mass is 16.5. The van der Waals surface area contributed by atoms with E-state index in [4.69, 9.17) is 9.47 Å². The zero-order valence-corrected chi connectivity index (χ0v) is 18.7. The SMILES string of the molecule is CCOCc1ccccc1CNC(=NC)NCC(C(CC)CC)N1CCOCC1. The van der Waals surface area contributed by atoms with E-state index in [1.165, 1.54) is 24.0 Å². The van der Waals surface area contributed by atoms with Crippen molar-refractivity contribution in [2.24, 2.45) is 10.9 Å². The van der Waals surface area contributed by atoms with Crippen LogP contribution in [0.15, 0.2) is 29.3 Å². The van der Waals surface area contributed by atoms with E-state index < -0.39 is 0 Å². The number of rotatable bonds is 11. The number of hydrogen-bond donors (Lipinski definition) is 2. The number of guanidine groups is 1. The van der Waals surface area contributed by atoms with Crippen molar-refractivity contribution in [3.63, 3.8) is 0 Å². The van der Waals surface area contributed by atoms with E-state index in [0.717, 1.165) is 52.0 Å². The second-order valence-electron chi connectivity index (χ2n) is 7.50. The minimum atomic E-state index is 0.498. The maximum Gasteiger partial charge on any atom is 0.191 e. The molecule has 2 rings (SSSR count). The minimum absolute atomic E-state index is 0.498. The Morgan fingerprint density at radius 3 is 2.41 bits per heavy atom. The summed E-state index contributed by atoms with van der Waals surface area (Å²) in [6.07, 6.45) is 2.38. The van der Waals surface area contributed by atoms with Crippen LogP contribution in [0.4, 0.5) is 0 Å². The van der Waals surface area contributed by atoms with Crippen molar-refractivity contribution >= 4 is 5.96 Å². The highest BCUT2D eigenvalue weighted by Gasteiger charge is 2.27. The monoisotopic (exact) mass is 404 g/mol. The lowest BCUT2D eigenvalue weighted by molar-refractivity contribution is 0.00272. The van der Waals surface area contributed by atoms with Crippen LogP contribution in [0.1, 0.15) is 44.7 Å². The highest BCUT2D eigenvalue weighted by molar-refractivity contribution is 5.79. The van der Waals surface area contributed by atoms with Crippen LogP contribution in [0.5, 0.6) is 0 Å². The van der Waals surface area contributed by atoms with Gasteiger partial charge in [0, 0.05) is 45.9 Å². The topological polar surface area (TPSA) is 58.1 Å². The maximum absolute atomic E-state index is 5.60. The van der Waals surface area contributed by atoms with Gasteiger partial charge in [0.25, 0.3) is 0 Å². The Hall–Kier alpha value is -1.63. The first kappa shape index (κ1) is 23.6. The van der Waals surface area contributed by atoms with Crippen LogP contribution in [0, 0.1) is 5.92 Å². The van der Waals surface area contributed by atoms with Gasteiger partial charge in [0.2, 0.25) is 0 Å². The molecule has 0 saturated carbocycles. The van der Waals surface area contributed by atoms with Crippen molar-refractivity contribution in [2.75, 3.05) is 46.5 Å². The molecule has 1 aromatic rings. The van der Waals surface area contributed by atoms with Crippen LogP contribution in [0.2, 0.25) is 0 Å². The van der Waals surface area contributed by atoms with Crippen LogP contribution < -0.4 is 10.6 Å². The highest BCUT2D eigenvalue weighted by Crippen LogP contribution is 2.19. The van der Waals surface area contributed by atoms with Crippen LogP contribution in [-0.2, 0) is 22.6 Å². The largest absolute Gasteiger partial charge is 0.379 e. The molecule has 1 aliphatic heterocycles. The van der Waals surface area contributed by atoms with Crippen molar-refractivity contribution in [2.45, 2.75) is 52.8 Å². The number of ether oxygens (including phenoxy) is 2. The summed E-state index contributed by atoms with van der Waals surface area (Å²) in [6, 6.07) is 8.91. The van der Waals surface area contributed by atoms with Gasteiger partial charge in [-0.05, 0) is 24.0 Å². The van der Waals surface area contributed by atoms with Crippen LogP contribution in [0.3, 0.4) is 0 Å². The average Bonchev–Trinajstić information content (AvgIpc) is 2.78. The van der Waals surface area contributed by atoms with Gasteiger partial charge in [-0.15, -0.1) is 0 Å². The predicted molar refractivity (Wildman–Crippen MR) is 120 cm³/mol. The van der Waals surface area contributed by atoms with Gasteiger partial charge in [0.15, 0.2) is 5.96 Å². The zero-order chi connectivity index (χ0) is 20.9. The molecule has 2 N–H and O–H groups in total. The summed E-state index contributed by atoms with van der Waals surface area (Å²) in [5.41, 5.74) is 2.47. The fraction of sp³-hybridized carbons (Fsp3) is 0.696. The molecule has 0 aliphatic carbocycles. The molecule has 1 unspecified atom stereocenters. The van der Waals surface area contributed by atoms with Crippen molar-refractivity contribution < 1.29 is 9.47 Å². The van der Waals surface area contributed by atoms with E-state index in [2.05, 4.69) is 58.6 Å². The second kappa shape index (κ2) is 13.6. The van der Waals surface area contributed by atoms with Gasteiger partial charge in [-0.2, -0.15) is 0 Å². The molecule has 0 bridgehead atoms. The Morgan fingerprint density at radius 1 is 1.10 bits per heavy atom. The van der Waals surface area contributed by atoms with Gasteiger partial charge >= 0.3 is 0 Å². The molecule has 1 heterocycles. The minimum Gasteiger partial charge on any atom is -0.379 e. The molecule has 0 amide bonds. The number of nitrogens with one attached hydrogen (secondary N) is 2. The van der Waals surface area contributed by atoms with E-state index >= 15 is 0 Å². The third-order valence-corrected chi connectivity index (χ3v) is 5.84. The molecule has 6 nitrogen and oxygen atoms in total. The molecule has 0 spiro atoms. The second-order valence-corrected chi connectivity index (χ2v) is 7.50. The van der Waals surface area contributed by atoms with Crippen molar-refractivity contribution in [1.29, 1.82) is 0 Å². The molecule has 29 heavy (non-hydrogen) atoms. The number of benzene rings is 1. The predicted octanol–water partition coefficient (Wildman–Crippen LogP) is 3.03. The Morgan fingerprint density at radius 2 is 1.79 bits per heavy atom. The molecular weight excluding hydrogens is 364 g/mol. The van der Waals surface area contributed by atoms with Crippen LogP contribution in [0.25, 0.3) is 0 Å².